The van der Waals surface area contributed by atoms with Gasteiger partial charge in [0.1, 0.15) is 0 Å². The number of carbonyl (C=O) groups excluding carboxylic acids is 2. The molecule has 0 heterocycles. The van der Waals surface area contributed by atoms with Gasteiger partial charge in [0.25, 0.3) is 15.9 Å². The molecule has 0 aliphatic rings. The molecule has 0 aliphatic carbocycles. The molecule has 0 aromatic heterocycles. The van der Waals surface area contributed by atoms with Crippen LogP contribution in [0.3, 0.4) is 0 Å². The van der Waals surface area contributed by atoms with Crippen molar-refractivity contribution in [3.05, 3.63) is 125 Å². The number of ether oxygens (including phenoxy) is 1. The summed E-state index contributed by atoms with van der Waals surface area (Å²) >= 11 is 0. The molecule has 0 fully saturated rings. The van der Waals surface area contributed by atoms with E-state index in [1.807, 2.05) is 30.3 Å². The molecule has 1 amide bonds. The summed E-state index contributed by atoms with van der Waals surface area (Å²) in [6.07, 6.45) is 0. The summed E-state index contributed by atoms with van der Waals surface area (Å²) < 4.78 is 34.0. The lowest BCUT2D eigenvalue weighted by atomic mass is 10.1. The van der Waals surface area contributed by atoms with Crippen molar-refractivity contribution < 1.29 is 22.7 Å². The van der Waals surface area contributed by atoms with Crippen LogP contribution in [-0.2, 0) is 21.3 Å². The van der Waals surface area contributed by atoms with Crippen molar-refractivity contribution in [2.45, 2.75) is 25.3 Å². The Morgan fingerprint density at radius 1 is 0.842 bits per heavy atom. The van der Waals surface area contributed by atoms with Crippen LogP contribution < -0.4 is 9.62 Å². The predicted octanol–water partition coefficient (Wildman–Crippen LogP) is 5.82. The topological polar surface area (TPSA) is 92.8 Å². The van der Waals surface area contributed by atoms with Gasteiger partial charge in [-0.25, -0.2) is 13.2 Å². The fourth-order valence-electron chi connectivity index (χ4n) is 3.94. The maximum Gasteiger partial charge on any atom is 0.338 e. The Bertz CT molecular complexity index is 1540. The molecule has 8 heteroatoms. The largest absolute Gasteiger partial charge is 0.462 e. The van der Waals surface area contributed by atoms with Gasteiger partial charge in [-0.2, -0.15) is 0 Å². The van der Waals surface area contributed by atoms with E-state index >= 15 is 0 Å². The molecule has 0 bridgehead atoms. The van der Waals surface area contributed by atoms with Gasteiger partial charge in [0.05, 0.1) is 34.9 Å². The number of aryl methyl sites for hydroxylation is 1. The summed E-state index contributed by atoms with van der Waals surface area (Å²) in [4.78, 5) is 25.9. The quantitative estimate of drug-likeness (QED) is 0.276. The van der Waals surface area contributed by atoms with Crippen LogP contribution in [0.5, 0.6) is 0 Å². The number of nitrogens with one attached hydrogen (secondary N) is 1. The molecular formula is C30H28N2O5S. The molecule has 0 radical (unpaired) electrons. The summed E-state index contributed by atoms with van der Waals surface area (Å²) in [6.45, 7) is 3.78. The molecule has 0 aliphatic heterocycles. The zero-order valence-corrected chi connectivity index (χ0v) is 21.9. The van der Waals surface area contributed by atoms with Crippen LogP contribution >= 0.6 is 0 Å². The van der Waals surface area contributed by atoms with Gasteiger partial charge in [0.2, 0.25) is 0 Å². The van der Waals surface area contributed by atoms with Crippen molar-refractivity contribution in [1.29, 1.82) is 0 Å². The monoisotopic (exact) mass is 528 g/mol. The summed E-state index contributed by atoms with van der Waals surface area (Å²) in [6, 6.07) is 28.8. The number of benzene rings is 4. The number of anilines is 2. The number of hydrogen-bond donors (Lipinski definition) is 1. The van der Waals surface area contributed by atoms with Crippen LogP contribution in [0.2, 0.25) is 0 Å². The zero-order chi connectivity index (χ0) is 27.1. The number of esters is 1. The number of nitrogens with zero attached hydrogens (tertiary/aromatic N) is 1. The SMILES string of the molecule is CCOC(=O)c1ccc(C)c(NC(=O)c2ccccc2N(Cc2ccccc2)S(=O)(=O)c2ccccc2)c1. The predicted molar refractivity (Wildman–Crippen MR) is 148 cm³/mol. The van der Waals surface area contributed by atoms with Crippen molar-refractivity contribution in [3.63, 3.8) is 0 Å². The highest BCUT2D eigenvalue weighted by atomic mass is 32.2. The van der Waals surface area contributed by atoms with E-state index in [2.05, 4.69) is 5.32 Å². The maximum absolute atomic E-state index is 13.8. The summed E-state index contributed by atoms with van der Waals surface area (Å²) in [5.74, 6) is -1.00. The molecule has 0 atom stereocenters. The molecule has 194 valence electrons. The molecule has 7 nitrogen and oxygen atoms in total. The second kappa shape index (κ2) is 11.7. The molecule has 38 heavy (non-hydrogen) atoms. The smallest absolute Gasteiger partial charge is 0.338 e. The van der Waals surface area contributed by atoms with E-state index in [1.165, 1.54) is 16.4 Å². The lowest BCUT2D eigenvalue weighted by molar-refractivity contribution is 0.0526. The van der Waals surface area contributed by atoms with Crippen LogP contribution in [0.25, 0.3) is 0 Å². The molecular weight excluding hydrogens is 500 g/mol. The van der Waals surface area contributed by atoms with Crippen molar-refractivity contribution in [1.82, 2.24) is 0 Å². The molecule has 0 unspecified atom stereocenters. The minimum Gasteiger partial charge on any atom is -0.462 e. The third kappa shape index (κ3) is 5.92. The van der Waals surface area contributed by atoms with E-state index in [1.54, 1.807) is 74.5 Å². The van der Waals surface area contributed by atoms with E-state index in [4.69, 9.17) is 4.74 Å². The van der Waals surface area contributed by atoms with Crippen LogP contribution in [-0.4, -0.2) is 26.9 Å². The molecule has 4 aromatic rings. The van der Waals surface area contributed by atoms with Crippen LogP contribution in [0.4, 0.5) is 11.4 Å². The number of hydrogen-bond acceptors (Lipinski definition) is 5. The molecule has 4 rings (SSSR count). The van der Waals surface area contributed by atoms with Gasteiger partial charge in [-0.15, -0.1) is 0 Å². The van der Waals surface area contributed by atoms with Crippen molar-refractivity contribution in [2.24, 2.45) is 0 Å². The first-order valence-electron chi connectivity index (χ1n) is 12.1. The second-order valence-electron chi connectivity index (χ2n) is 8.53. The van der Waals surface area contributed by atoms with Gasteiger partial charge in [-0.05, 0) is 61.4 Å². The Morgan fingerprint density at radius 3 is 2.16 bits per heavy atom. The Kier molecular flexibility index (Phi) is 8.23. The molecule has 1 N–H and O–H groups in total. The highest BCUT2D eigenvalue weighted by molar-refractivity contribution is 7.92. The Labute approximate surface area is 222 Å². The maximum atomic E-state index is 13.8. The fraction of sp³-hybridized carbons (Fsp3) is 0.133. The average Bonchev–Trinajstić information content (AvgIpc) is 2.94. The van der Waals surface area contributed by atoms with Gasteiger partial charge in [0, 0.05) is 5.69 Å². The third-order valence-corrected chi connectivity index (χ3v) is 7.69. The van der Waals surface area contributed by atoms with Gasteiger partial charge >= 0.3 is 5.97 Å². The average molecular weight is 529 g/mol. The van der Waals surface area contributed by atoms with Crippen molar-refractivity contribution in [3.8, 4) is 0 Å². The highest BCUT2D eigenvalue weighted by Gasteiger charge is 2.28. The number of carbonyl (C=O) groups is 2. The number of amides is 1. The van der Waals surface area contributed by atoms with E-state index in [-0.39, 0.29) is 29.3 Å². The Morgan fingerprint density at radius 2 is 1.47 bits per heavy atom. The number of para-hydroxylation sites is 1. The van der Waals surface area contributed by atoms with Gasteiger partial charge in [0.15, 0.2) is 0 Å². The first-order valence-corrected chi connectivity index (χ1v) is 13.5. The van der Waals surface area contributed by atoms with Gasteiger partial charge < -0.3 is 10.1 Å². The first-order chi connectivity index (χ1) is 18.3. The fourth-order valence-corrected chi connectivity index (χ4v) is 5.43. The van der Waals surface area contributed by atoms with E-state index in [0.29, 0.717) is 11.3 Å². The molecule has 0 spiro atoms. The van der Waals surface area contributed by atoms with Crippen LogP contribution in [0.1, 0.15) is 38.8 Å². The minimum atomic E-state index is -4.02. The third-order valence-electron chi connectivity index (χ3n) is 5.91. The van der Waals surface area contributed by atoms with Crippen LogP contribution in [0, 0.1) is 6.92 Å². The summed E-state index contributed by atoms with van der Waals surface area (Å²) in [5, 5.41) is 2.85. The Balaban J connectivity index is 1.75. The van der Waals surface area contributed by atoms with Gasteiger partial charge in [-0.1, -0.05) is 66.7 Å². The van der Waals surface area contributed by atoms with E-state index in [0.717, 1.165) is 11.1 Å². The zero-order valence-electron chi connectivity index (χ0n) is 21.1. The molecule has 4 aromatic carbocycles. The van der Waals surface area contributed by atoms with E-state index in [9.17, 15) is 18.0 Å². The second-order valence-corrected chi connectivity index (χ2v) is 10.4. The standard InChI is InChI=1S/C30H28N2O5S/c1-3-37-30(34)24-19-18-22(2)27(20-24)31-29(33)26-16-10-11-17-28(26)32(21-23-12-6-4-7-13-23)38(35,36)25-14-8-5-9-15-25/h4-20H,3,21H2,1-2H3,(H,31,33). The van der Waals surface area contributed by atoms with Crippen LogP contribution in [0.15, 0.2) is 108 Å². The number of sulfonamides is 1. The summed E-state index contributed by atoms with van der Waals surface area (Å²) in [7, 11) is -4.02. The number of rotatable bonds is 9. The van der Waals surface area contributed by atoms with Crippen molar-refractivity contribution >= 4 is 33.3 Å². The Hall–Kier alpha value is -4.43. The summed E-state index contributed by atoms with van der Waals surface area (Å²) in [5.41, 5.74) is 2.64. The highest BCUT2D eigenvalue weighted by Crippen LogP contribution is 2.30. The lowest BCUT2D eigenvalue weighted by Gasteiger charge is -2.26. The normalized spacial score (nSPS) is 11.0. The first kappa shape index (κ1) is 26.6. The minimum absolute atomic E-state index is 0.0275. The molecule has 0 saturated carbocycles. The van der Waals surface area contributed by atoms with Gasteiger partial charge in [-0.3, -0.25) is 9.10 Å². The molecule has 0 saturated heterocycles. The lowest BCUT2D eigenvalue weighted by Crippen LogP contribution is -2.32. The van der Waals surface area contributed by atoms with E-state index < -0.39 is 21.9 Å². The van der Waals surface area contributed by atoms with Crippen molar-refractivity contribution in [2.75, 3.05) is 16.2 Å².